The highest BCUT2D eigenvalue weighted by Gasteiger charge is 2.36. The molecule has 0 fully saturated rings. The molecule has 4 rings (SSSR count). The average Bonchev–Trinajstić information content (AvgIpc) is 3.05. The van der Waals surface area contributed by atoms with E-state index in [2.05, 4.69) is 74.5 Å². The van der Waals surface area contributed by atoms with E-state index in [4.69, 9.17) is 10.5 Å². The molecule has 2 aliphatic rings. The van der Waals surface area contributed by atoms with Crippen LogP contribution in [0.4, 0.5) is 0 Å². The summed E-state index contributed by atoms with van der Waals surface area (Å²) in [6, 6.07) is 19.0. The van der Waals surface area contributed by atoms with Crippen molar-refractivity contribution in [3.05, 3.63) is 99.1 Å². The van der Waals surface area contributed by atoms with Gasteiger partial charge in [0, 0.05) is 5.92 Å². The van der Waals surface area contributed by atoms with Gasteiger partial charge in [-0.25, -0.2) is 0 Å². The molecule has 0 saturated heterocycles. The molecule has 2 aromatic rings. The highest BCUT2D eigenvalue weighted by Crippen LogP contribution is 2.48. The van der Waals surface area contributed by atoms with Crippen LogP contribution in [0.3, 0.4) is 0 Å². The first kappa shape index (κ1) is 17.2. The summed E-state index contributed by atoms with van der Waals surface area (Å²) in [5.41, 5.74) is 13.6. The first-order chi connectivity index (χ1) is 13.1. The smallest absolute Gasteiger partial charge is 0.205 e. The summed E-state index contributed by atoms with van der Waals surface area (Å²) < 4.78 is 5.94. The van der Waals surface area contributed by atoms with Crippen molar-refractivity contribution < 1.29 is 4.74 Å². The number of hydrogen-bond acceptors (Lipinski definition) is 3. The molecule has 1 heterocycles. The summed E-state index contributed by atoms with van der Waals surface area (Å²) in [6.45, 7) is 4.14. The van der Waals surface area contributed by atoms with Crippen LogP contribution in [0.1, 0.15) is 41.0 Å². The Morgan fingerprint density at radius 1 is 1.00 bits per heavy atom. The maximum Gasteiger partial charge on any atom is 0.205 e. The van der Waals surface area contributed by atoms with Gasteiger partial charge in [-0.2, -0.15) is 5.26 Å². The van der Waals surface area contributed by atoms with Gasteiger partial charge in [0.2, 0.25) is 5.88 Å². The van der Waals surface area contributed by atoms with Crippen LogP contribution in [0, 0.1) is 25.2 Å². The van der Waals surface area contributed by atoms with Crippen LogP contribution in [0.25, 0.3) is 6.08 Å². The molecular formula is C24H22N2O. The molecule has 0 unspecified atom stereocenters. The summed E-state index contributed by atoms with van der Waals surface area (Å²) in [4.78, 5) is 0. The Bertz CT molecular complexity index is 1020. The molecule has 2 N–H and O–H groups in total. The molecule has 3 nitrogen and oxygen atoms in total. The third-order valence-corrected chi connectivity index (χ3v) is 5.31. The fourth-order valence-electron chi connectivity index (χ4n) is 3.84. The van der Waals surface area contributed by atoms with Gasteiger partial charge in [0.1, 0.15) is 17.4 Å². The Morgan fingerprint density at radius 3 is 2.26 bits per heavy atom. The number of nitrogens with two attached hydrogens (primary N) is 1. The Kier molecular flexibility index (Phi) is 4.33. The van der Waals surface area contributed by atoms with Crippen molar-refractivity contribution in [3.63, 3.8) is 0 Å². The molecule has 0 aromatic heterocycles. The van der Waals surface area contributed by atoms with Crippen molar-refractivity contribution in [2.24, 2.45) is 5.73 Å². The maximum absolute atomic E-state index is 9.69. The molecule has 27 heavy (non-hydrogen) atoms. The number of ether oxygens (including phenoxy) is 1. The van der Waals surface area contributed by atoms with Crippen molar-refractivity contribution in [1.82, 2.24) is 0 Å². The highest BCUT2D eigenvalue weighted by atomic mass is 16.5. The second kappa shape index (κ2) is 6.81. The van der Waals surface area contributed by atoms with Gasteiger partial charge in [-0.05, 0) is 55.0 Å². The van der Waals surface area contributed by atoms with Crippen LogP contribution in [-0.4, -0.2) is 0 Å². The van der Waals surface area contributed by atoms with E-state index < -0.39 is 0 Å². The van der Waals surface area contributed by atoms with E-state index >= 15 is 0 Å². The third kappa shape index (κ3) is 3.15. The molecule has 0 saturated carbocycles. The molecule has 2 aromatic carbocycles. The lowest BCUT2D eigenvalue weighted by Gasteiger charge is -2.26. The zero-order valence-corrected chi connectivity index (χ0v) is 15.6. The minimum atomic E-state index is -0.122. The first-order valence-electron chi connectivity index (χ1n) is 9.21. The monoisotopic (exact) mass is 354 g/mol. The summed E-state index contributed by atoms with van der Waals surface area (Å²) >= 11 is 0. The van der Waals surface area contributed by atoms with Crippen LogP contribution in [-0.2, 0) is 4.74 Å². The maximum atomic E-state index is 9.69. The number of rotatable bonds is 2. The lowest BCUT2D eigenvalue weighted by Crippen LogP contribution is -2.19. The lowest BCUT2D eigenvalue weighted by atomic mass is 9.83. The van der Waals surface area contributed by atoms with E-state index in [1.54, 1.807) is 0 Å². The van der Waals surface area contributed by atoms with Gasteiger partial charge in [-0.3, -0.25) is 0 Å². The number of allylic oxidation sites excluding steroid dienone is 3. The number of hydrogen-bond donors (Lipinski definition) is 1. The predicted molar refractivity (Wildman–Crippen MR) is 107 cm³/mol. The highest BCUT2D eigenvalue weighted by molar-refractivity contribution is 5.63. The second-order valence-electron chi connectivity index (χ2n) is 7.27. The van der Waals surface area contributed by atoms with E-state index in [0.29, 0.717) is 5.57 Å². The standard InChI is InChI=1S/C24H22N2O/c1-15-3-7-17(8-4-15)13-19-11-12-20-22(18-9-5-16(2)6-10-18)21(14-25)24(26)27-23(19)20/h3-10,13,22H,11-12,26H2,1-2H3/b19-13-/t22-/m0/s1. The largest absolute Gasteiger partial charge is 0.440 e. The predicted octanol–water partition coefficient (Wildman–Crippen LogP) is 5.24. The molecule has 0 bridgehead atoms. The van der Waals surface area contributed by atoms with E-state index in [9.17, 15) is 5.26 Å². The van der Waals surface area contributed by atoms with Crippen molar-refractivity contribution in [1.29, 1.82) is 5.26 Å². The fourth-order valence-corrected chi connectivity index (χ4v) is 3.84. The second-order valence-corrected chi connectivity index (χ2v) is 7.27. The number of benzene rings is 2. The van der Waals surface area contributed by atoms with Crippen LogP contribution in [0.15, 0.2) is 76.9 Å². The molecule has 3 heteroatoms. The zero-order chi connectivity index (χ0) is 19.0. The van der Waals surface area contributed by atoms with Gasteiger partial charge in [-0.1, -0.05) is 59.7 Å². The van der Waals surface area contributed by atoms with Crippen LogP contribution >= 0.6 is 0 Å². The molecule has 0 amide bonds. The van der Waals surface area contributed by atoms with E-state index in [1.165, 1.54) is 11.1 Å². The average molecular weight is 354 g/mol. The SMILES string of the molecule is Cc1ccc(/C=C2/CCC3=C2OC(N)=C(C#N)[C@H]3c2ccc(C)cc2)cc1. The molecule has 1 aliphatic carbocycles. The molecular weight excluding hydrogens is 332 g/mol. The minimum absolute atomic E-state index is 0.122. The van der Waals surface area contributed by atoms with Crippen LogP contribution < -0.4 is 5.73 Å². The Morgan fingerprint density at radius 2 is 1.63 bits per heavy atom. The number of aryl methyl sites for hydroxylation is 2. The summed E-state index contributed by atoms with van der Waals surface area (Å²) in [5, 5.41) is 9.69. The van der Waals surface area contributed by atoms with Gasteiger partial charge in [0.15, 0.2) is 0 Å². The normalized spacial score (nSPS) is 20.5. The van der Waals surface area contributed by atoms with Crippen molar-refractivity contribution in [3.8, 4) is 6.07 Å². The zero-order valence-electron chi connectivity index (χ0n) is 15.6. The summed E-state index contributed by atoms with van der Waals surface area (Å²) in [7, 11) is 0. The van der Waals surface area contributed by atoms with Crippen molar-refractivity contribution in [2.75, 3.05) is 0 Å². The van der Waals surface area contributed by atoms with Crippen LogP contribution in [0.2, 0.25) is 0 Å². The lowest BCUT2D eigenvalue weighted by molar-refractivity contribution is 0.292. The van der Waals surface area contributed by atoms with Gasteiger partial charge < -0.3 is 10.5 Å². The molecule has 0 radical (unpaired) electrons. The van der Waals surface area contributed by atoms with E-state index in [-0.39, 0.29) is 11.8 Å². The minimum Gasteiger partial charge on any atom is -0.440 e. The number of nitrogens with zero attached hydrogens (tertiary/aromatic N) is 1. The summed E-state index contributed by atoms with van der Waals surface area (Å²) in [6.07, 6.45) is 3.94. The van der Waals surface area contributed by atoms with Crippen molar-refractivity contribution >= 4 is 6.08 Å². The van der Waals surface area contributed by atoms with E-state index in [0.717, 1.165) is 40.9 Å². The van der Waals surface area contributed by atoms with Gasteiger partial charge in [0.05, 0.1) is 0 Å². The Balaban J connectivity index is 1.78. The number of nitriles is 1. The molecule has 1 aliphatic heterocycles. The molecule has 1 atom stereocenters. The first-order valence-corrected chi connectivity index (χ1v) is 9.21. The van der Waals surface area contributed by atoms with Crippen LogP contribution in [0.5, 0.6) is 0 Å². The molecule has 0 spiro atoms. The quantitative estimate of drug-likeness (QED) is 0.802. The topological polar surface area (TPSA) is 59.0 Å². The third-order valence-electron chi connectivity index (χ3n) is 5.31. The summed E-state index contributed by atoms with van der Waals surface area (Å²) in [5.74, 6) is 0.944. The Hall–Kier alpha value is -3.25. The Labute approximate surface area is 160 Å². The van der Waals surface area contributed by atoms with Crippen molar-refractivity contribution in [2.45, 2.75) is 32.6 Å². The van der Waals surface area contributed by atoms with Gasteiger partial charge in [-0.15, -0.1) is 0 Å². The molecule has 134 valence electrons. The fraction of sp³-hybridized carbons (Fsp3) is 0.208. The van der Waals surface area contributed by atoms with Gasteiger partial charge >= 0.3 is 0 Å². The van der Waals surface area contributed by atoms with E-state index in [1.807, 2.05) is 0 Å². The van der Waals surface area contributed by atoms with Gasteiger partial charge in [0.25, 0.3) is 0 Å².